The molecule has 3 nitrogen and oxygen atoms in total. The molecular weight excluding hydrogens is 276 g/mol. The molecule has 0 aromatic carbocycles. The van der Waals surface area contributed by atoms with Gasteiger partial charge in [-0.05, 0) is 11.8 Å². The van der Waals surface area contributed by atoms with Crippen LogP contribution in [0.25, 0.3) is 0 Å². The van der Waals surface area contributed by atoms with E-state index in [9.17, 15) is 0 Å². The van der Waals surface area contributed by atoms with Crippen LogP contribution in [0, 0.1) is 17.8 Å². The predicted molar refractivity (Wildman–Crippen MR) is 77.0 cm³/mol. The molecule has 0 spiro atoms. The molecule has 1 fully saturated rings. The monoisotopic (exact) mass is 303 g/mol. The van der Waals surface area contributed by atoms with Gasteiger partial charge in [-0.1, -0.05) is 31.6 Å². The van der Waals surface area contributed by atoms with Crippen molar-refractivity contribution in [1.29, 1.82) is 0 Å². The van der Waals surface area contributed by atoms with E-state index in [-0.39, 0.29) is 21.7 Å². The molecule has 0 radical (unpaired) electrons. The summed E-state index contributed by atoms with van der Waals surface area (Å²) in [6.07, 6.45) is 12.3. The molecule has 0 bridgehead atoms. The molecule has 1 saturated carbocycles. The minimum atomic E-state index is 0. The smallest absolute Gasteiger partial charge is 0.0319 e. The number of aliphatic hydroxyl groups excluding tert-OH is 3. The zero-order chi connectivity index (χ0) is 14.6. The first-order chi connectivity index (χ1) is 8.79. The third-order valence-corrected chi connectivity index (χ3v) is 2.91. The summed E-state index contributed by atoms with van der Waals surface area (Å²) >= 11 is 0. The molecule has 0 aromatic rings. The van der Waals surface area contributed by atoms with E-state index in [1.54, 1.807) is 11.5 Å². The Kier molecular flexibility index (Phi) is 19.7. The average Bonchev–Trinajstić information content (AvgIpc) is 2.65. The Labute approximate surface area is 132 Å². The molecule has 19 heavy (non-hydrogen) atoms. The Balaban J connectivity index is -0.000000325. The summed E-state index contributed by atoms with van der Waals surface area (Å²) in [7, 11) is 3.00. The minimum Gasteiger partial charge on any atom is -0.400 e. The average molecular weight is 303 g/mol. The second kappa shape index (κ2) is 15.7. The zero-order valence-electron chi connectivity index (χ0n) is 12.6. The second-order valence-electron chi connectivity index (χ2n) is 3.88. The molecule has 110 valence electrons. The van der Waals surface area contributed by atoms with Crippen LogP contribution in [0.3, 0.4) is 0 Å². The van der Waals surface area contributed by atoms with E-state index in [0.717, 1.165) is 27.2 Å². The standard InChI is InChI=1S/C12H15.3CH4O.Ti/c1-9-8-10(2)12-7-5-3-4-6-11(9)12;3*1-2;/h3-7,9,11H,8H2,1-2H3;3*2H,1H3;/q-1;;;;. The van der Waals surface area contributed by atoms with Gasteiger partial charge in [0.1, 0.15) is 0 Å². The van der Waals surface area contributed by atoms with E-state index in [1.165, 1.54) is 6.42 Å². The molecule has 2 atom stereocenters. The maximum atomic E-state index is 7.00. The van der Waals surface area contributed by atoms with Gasteiger partial charge in [0.15, 0.2) is 0 Å². The van der Waals surface area contributed by atoms with Gasteiger partial charge in [0, 0.05) is 43.0 Å². The number of allylic oxidation sites excluding steroid dienone is 6. The Bertz CT molecular complexity index is 273. The largest absolute Gasteiger partial charge is 0.400 e. The van der Waals surface area contributed by atoms with Gasteiger partial charge in [0.05, 0.1) is 0 Å². The molecular formula is C15H27O3Ti-. The van der Waals surface area contributed by atoms with Crippen molar-refractivity contribution >= 4 is 0 Å². The van der Waals surface area contributed by atoms with Gasteiger partial charge in [-0.2, -0.15) is 0 Å². The Morgan fingerprint density at radius 2 is 1.53 bits per heavy atom. The van der Waals surface area contributed by atoms with Crippen LogP contribution in [0.5, 0.6) is 0 Å². The van der Waals surface area contributed by atoms with Crippen LogP contribution in [-0.4, -0.2) is 36.6 Å². The minimum absolute atomic E-state index is 0. The maximum Gasteiger partial charge on any atom is 0.0319 e. The van der Waals surface area contributed by atoms with Gasteiger partial charge >= 0.3 is 0 Å². The number of fused-ring (bicyclic) bond motifs is 1. The van der Waals surface area contributed by atoms with Crippen LogP contribution in [0.1, 0.15) is 20.3 Å². The first-order valence-corrected chi connectivity index (χ1v) is 6.01. The molecule has 2 rings (SSSR count). The van der Waals surface area contributed by atoms with Crippen LogP contribution in [-0.2, 0) is 21.7 Å². The molecule has 0 aliphatic heterocycles. The van der Waals surface area contributed by atoms with Crippen molar-refractivity contribution in [1.82, 2.24) is 0 Å². The maximum absolute atomic E-state index is 7.00. The Morgan fingerprint density at radius 1 is 1.00 bits per heavy atom. The summed E-state index contributed by atoms with van der Waals surface area (Å²) in [6.45, 7) is 4.60. The fourth-order valence-electron chi connectivity index (χ4n) is 2.27. The van der Waals surface area contributed by atoms with E-state index in [1.807, 2.05) is 0 Å². The van der Waals surface area contributed by atoms with Gasteiger partial charge in [-0.3, -0.25) is 0 Å². The number of hydrogen-bond donors (Lipinski definition) is 3. The van der Waals surface area contributed by atoms with Gasteiger partial charge in [0.2, 0.25) is 0 Å². The normalized spacial score (nSPS) is 21.9. The van der Waals surface area contributed by atoms with Gasteiger partial charge < -0.3 is 15.3 Å². The first kappa shape index (κ1) is 23.8. The molecule has 4 heteroatoms. The molecule has 3 N–H and O–H groups in total. The van der Waals surface area contributed by atoms with Crippen molar-refractivity contribution in [2.24, 2.45) is 11.8 Å². The second-order valence-corrected chi connectivity index (χ2v) is 3.88. The van der Waals surface area contributed by atoms with Crippen LogP contribution < -0.4 is 0 Å². The van der Waals surface area contributed by atoms with Crippen molar-refractivity contribution < 1.29 is 37.0 Å². The molecule has 2 aliphatic carbocycles. The third-order valence-electron chi connectivity index (χ3n) is 2.91. The van der Waals surface area contributed by atoms with Crippen LogP contribution in [0.2, 0.25) is 0 Å². The van der Waals surface area contributed by atoms with Crippen LogP contribution >= 0.6 is 0 Å². The quantitative estimate of drug-likeness (QED) is 0.474. The SMILES string of the molecule is CO.CO.CO.C[C-]1CC(C)C2C=CC=CC=C12.[Ti]. The van der Waals surface area contributed by atoms with Crippen LogP contribution in [0.4, 0.5) is 0 Å². The fraction of sp³-hybridized carbons (Fsp3) is 0.533. The first-order valence-electron chi connectivity index (χ1n) is 6.01. The summed E-state index contributed by atoms with van der Waals surface area (Å²) in [4.78, 5) is 0. The van der Waals surface area contributed by atoms with Crippen molar-refractivity contribution in [2.75, 3.05) is 21.3 Å². The van der Waals surface area contributed by atoms with E-state index in [4.69, 9.17) is 15.3 Å². The Hall–Kier alpha value is -0.316. The molecule has 0 amide bonds. The molecule has 2 aliphatic rings. The van der Waals surface area contributed by atoms with Gasteiger partial charge in [0.25, 0.3) is 0 Å². The van der Waals surface area contributed by atoms with Crippen molar-refractivity contribution in [3.63, 3.8) is 0 Å². The van der Waals surface area contributed by atoms with E-state index < -0.39 is 0 Å². The van der Waals surface area contributed by atoms with Crippen molar-refractivity contribution in [3.05, 3.63) is 41.9 Å². The summed E-state index contributed by atoms with van der Waals surface area (Å²) in [5.74, 6) is 3.05. The zero-order valence-corrected chi connectivity index (χ0v) is 14.2. The van der Waals surface area contributed by atoms with Gasteiger partial charge in [-0.25, -0.2) is 17.6 Å². The van der Waals surface area contributed by atoms with Crippen LogP contribution in [0.15, 0.2) is 36.0 Å². The van der Waals surface area contributed by atoms with E-state index in [0.29, 0.717) is 5.92 Å². The molecule has 2 unspecified atom stereocenters. The van der Waals surface area contributed by atoms with Crippen molar-refractivity contribution in [3.8, 4) is 0 Å². The Morgan fingerprint density at radius 3 is 2.05 bits per heavy atom. The van der Waals surface area contributed by atoms with E-state index >= 15 is 0 Å². The predicted octanol–water partition coefficient (Wildman–Crippen LogP) is 2.11. The van der Waals surface area contributed by atoms with Crippen molar-refractivity contribution in [2.45, 2.75) is 20.3 Å². The van der Waals surface area contributed by atoms with E-state index in [2.05, 4.69) is 44.2 Å². The summed E-state index contributed by atoms with van der Waals surface area (Å²) < 4.78 is 0. The number of aliphatic hydroxyl groups is 3. The topological polar surface area (TPSA) is 60.7 Å². The fourth-order valence-corrected chi connectivity index (χ4v) is 2.27. The molecule has 0 aromatic heterocycles. The number of hydrogen-bond acceptors (Lipinski definition) is 3. The number of rotatable bonds is 0. The third kappa shape index (κ3) is 7.76. The van der Waals surface area contributed by atoms with Gasteiger partial charge in [-0.15, -0.1) is 13.0 Å². The molecule has 0 saturated heterocycles. The summed E-state index contributed by atoms with van der Waals surface area (Å²) in [6, 6.07) is 0. The summed E-state index contributed by atoms with van der Waals surface area (Å²) in [5, 5.41) is 21.0. The molecule has 0 heterocycles. The summed E-state index contributed by atoms with van der Waals surface area (Å²) in [5.41, 5.74) is 1.55.